The van der Waals surface area contributed by atoms with Crippen molar-refractivity contribution < 1.29 is 38.7 Å². The Bertz CT molecular complexity index is 1140. The number of rotatable bonds is 9. The minimum atomic E-state index is -1.53. The second kappa shape index (κ2) is 12.6. The maximum atomic E-state index is 12.9. The third kappa shape index (κ3) is 6.81. The summed E-state index contributed by atoms with van der Waals surface area (Å²) >= 11 is 0. The van der Waals surface area contributed by atoms with E-state index in [0.29, 0.717) is 0 Å². The van der Waals surface area contributed by atoms with Gasteiger partial charge in [-0.3, -0.25) is 4.79 Å². The van der Waals surface area contributed by atoms with Crippen molar-refractivity contribution in [1.29, 1.82) is 0 Å². The fraction of sp³-hybridized carbons (Fsp3) is 0.310. The fourth-order valence-corrected chi connectivity index (χ4v) is 4.30. The maximum Gasteiger partial charge on any atom is 0.338 e. The molecule has 6 atom stereocenters. The van der Waals surface area contributed by atoms with Gasteiger partial charge in [0.25, 0.3) is 0 Å². The van der Waals surface area contributed by atoms with Gasteiger partial charge in [-0.2, -0.15) is 0 Å². The van der Waals surface area contributed by atoms with Gasteiger partial charge in [-0.25, -0.2) is 4.79 Å². The lowest BCUT2D eigenvalue weighted by atomic mass is 9.84. The third-order valence-corrected chi connectivity index (χ3v) is 6.12. The van der Waals surface area contributed by atoms with Crippen molar-refractivity contribution in [3.05, 3.63) is 108 Å². The van der Waals surface area contributed by atoms with Gasteiger partial charge in [-0.05, 0) is 23.3 Å². The van der Waals surface area contributed by atoms with Crippen LogP contribution < -0.4 is 0 Å². The van der Waals surface area contributed by atoms with Crippen LogP contribution in [0.15, 0.2) is 91.0 Å². The molecular formula is C29H30O8. The number of aliphatic hydroxyl groups is 2. The van der Waals surface area contributed by atoms with Crippen LogP contribution in [0, 0.1) is 0 Å². The number of esters is 2. The van der Waals surface area contributed by atoms with Crippen LogP contribution in [0.4, 0.5) is 0 Å². The molecule has 0 aromatic heterocycles. The Labute approximate surface area is 215 Å². The van der Waals surface area contributed by atoms with E-state index in [4.69, 9.17) is 18.9 Å². The molecule has 4 rings (SSSR count). The van der Waals surface area contributed by atoms with Crippen molar-refractivity contribution in [2.75, 3.05) is 0 Å². The van der Waals surface area contributed by atoms with Gasteiger partial charge < -0.3 is 29.2 Å². The number of ether oxygens (including phenoxy) is 4. The summed E-state index contributed by atoms with van der Waals surface area (Å²) in [6, 6.07) is 26.8. The molecule has 0 bridgehead atoms. The van der Waals surface area contributed by atoms with Gasteiger partial charge in [0.2, 0.25) is 0 Å². The number of aliphatic hydroxyl groups excluding tert-OH is 2. The average molecular weight is 507 g/mol. The molecule has 0 unspecified atom stereocenters. The largest absolute Gasteiger partial charge is 0.457 e. The van der Waals surface area contributed by atoms with Crippen molar-refractivity contribution in [1.82, 2.24) is 0 Å². The third-order valence-electron chi connectivity index (χ3n) is 6.12. The summed E-state index contributed by atoms with van der Waals surface area (Å²) in [6.45, 7) is 1.36. The molecule has 8 heteroatoms. The zero-order chi connectivity index (χ0) is 26.2. The molecule has 0 spiro atoms. The first-order chi connectivity index (χ1) is 17.9. The minimum Gasteiger partial charge on any atom is -0.457 e. The summed E-state index contributed by atoms with van der Waals surface area (Å²) < 4.78 is 23.1. The number of hydrogen-bond donors (Lipinski definition) is 2. The number of hydrogen-bond acceptors (Lipinski definition) is 8. The maximum absolute atomic E-state index is 12.9. The molecule has 0 amide bonds. The first-order valence-electron chi connectivity index (χ1n) is 12.0. The van der Waals surface area contributed by atoms with Gasteiger partial charge in [0.1, 0.15) is 24.4 Å². The molecule has 8 nitrogen and oxygen atoms in total. The highest BCUT2D eigenvalue weighted by Gasteiger charge is 2.55. The van der Waals surface area contributed by atoms with E-state index in [9.17, 15) is 19.8 Å². The predicted molar refractivity (Wildman–Crippen MR) is 133 cm³/mol. The molecule has 3 aromatic carbocycles. The van der Waals surface area contributed by atoms with E-state index >= 15 is 0 Å². The first kappa shape index (κ1) is 26.5. The Kier molecular flexibility index (Phi) is 9.03. The van der Waals surface area contributed by atoms with Crippen molar-refractivity contribution >= 4 is 11.9 Å². The van der Waals surface area contributed by atoms with E-state index in [0.717, 1.165) is 11.1 Å². The summed E-state index contributed by atoms with van der Waals surface area (Å²) in [5, 5.41) is 22.7. The van der Waals surface area contributed by atoms with Gasteiger partial charge in [-0.15, -0.1) is 0 Å². The van der Waals surface area contributed by atoms with E-state index in [1.807, 2.05) is 60.7 Å². The van der Waals surface area contributed by atoms with Crippen LogP contribution in [0.2, 0.25) is 0 Å². The van der Waals surface area contributed by atoms with Gasteiger partial charge in [0.05, 0.1) is 18.8 Å². The lowest BCUT2D eigenvalue weighted by Gasteiger charge is -2.45. The number of carbonyl (C=O) groups excluding carboxylic acids is 2. The lowest BCUT2D eigenvalue weighted by molar-refractivity contribution is -0.255. The molecule has 2 N–H and O–H groups in total. The average Bonchev–Trinajstić information content (AvgIpc) is 2.92. The topological polar surface area (TPSA) is 112 Å². The number of carbonyl (C=O) groups is 2. The Balaban J connectivity index is 1.61. The molecule has 0 radical (unpaired) electrons. The predicted octanol–water partition coefficient (Wildman–Crippen LogP) is 3.05. The van der Waals surface area contributed by atoms with E-state index < -0.39 is 48.6 Å². The lowest BCUT2D eigenvalue weighted by Crippen LogP contribution is -2.66. The zero-order valence-corrected chi connectivity index (χ0v) is 20.4. The molecule has 1 aliphatic rings. The van der Waals surface area contributed by atoms with Crippen LogP contribution in [0.3, 0.4) is 0 Å². The van der Waals surface area contributed by atoms with E-state index in [-0.39, 0.29) is 18.8 Å². The summed E-state index contributed by atoms with van der Waals surface area (Å²) in [4.78, 5) is 24.8. The second-order valence-electron chi connectivity index (χ2n) is 8.81. The van der Waals surface area contributed by atoms with E-state index in [1.54, 1.807) is 30.3 Å². The van der Waals surface area contributed by atoms with Crippen LogP contribution in [-0.4, -0.2) is 58.8 Å². The Morgan fingerprint density at radius 3 is 1.49 bits per heavy atom. The fourth-order valence-electron chi connectivity index (χ4n) is 4.30. The SMILES string of the molecule is CC(=O)O[C@H]1[C@@H](O)[C@@H](OC(=O)c2ccccc2)[C@H](OCc2ccccc2)[C@@H](O)[C@@H]1OCc1ccccc1. The van der Waals surface area contributed by atoms with Crippen molar-refractivity contribution in [3.63, 3.8) is 0 Å². The van der Waals surface area contributed by atoms with Gasteiger partial charge in [0, 0.05) is 6.92 Å². The van der Waals surface area contributed by atoms with E-state index in [1.165, 1.54) is 6.92 Å². The van der Waals surface area contributed by atoms with Gasteiger partial charge >= 0.3 is 11.9 Å². The highest BCUT2D eigenvalue weighted by atomic mass is 16.6. The highest BCUT2D eigenvalue weighted by molar-refractivity contribution is 5.89. The summed E-state index contributed by atoms with van der Waals surface area (Å²) in [5.41, 5.74) is 1.91. The monoisotopic (exact) mass is 506 g/mol. The summed E-state index contributed by atoms with van der Waals surface area (Å²) in [5.74, 6) is -1.39. The van der Waals surface area contributed by atoms with Gasteiger partial charge in [0.15, 0.2) is 12.2 Å². The molecule has 0 aliphatic heterocycles. The van der Waals surface area contributed by atoms with Crippen LogP contribution in [0.25, 0.3) is 0 Å². The minimum absolute atomic E-state index is 0.0817. The zero-order valence-electron chi connectivity index (χ0n) is 20.4. The standard InChI is InChI=1S/C29H30O8/c1-19(30)36-27-24(32)28(37-29(33)22-15-9-4-10-16-22)26(35-18-21-13-7-3-8-14-21)23(31)25(27)34-17-20-11-5-2-6-12-20/h2-16,23-28,31-32H,17-18H2,1H3/t23-,24+,25-,26+,27-,28+/m0/s1. The van der Waals surface area contributed by atoms with Crippen molar-refractivity contribution in [2.24, 2.45) is 0 Å². The first-order valence-corrected chi connectivity index (χ1v) is 12.0. The summed E-state index contributed by atoms with van der Waals surface area (Å²) in [6.07, 6.45) is -7.88. The molecule has 0 heterocycles. The van der Waals surface area contributed by atoms with Crippen LogP contribution in [-0.2, 0) is 37.0 Å². The molecule has 0 saturated heterocycles. The summed E-state index contributed by atoms with van der Waals surface area (Å²) in [7, 11) is 0. The molecule has 194 valence electrons. The smallest absolute Gasteiger partial charge is 0.338 e. The number of benzene rings is 3. The van der Waals surface area contributed by atoms with Crippen LogP contribution in [0.5, 0.6) is 0 Å². The molecule has 37 heavy (non-hydrogen) atoms. The quantitative estimate of drug-likeness (QED) is 0.426. The Morgan fingerprint density at radius 1 is 0.622 bits per heavy atom. The van der Waals surface area contributed by atoms with E-state index in [2.05, 4.69) is 0 Å². The van der Waals surface area contributed by atoms with Crippen LogP contribution in [0.1, 0.15) is 28.4 Å². The molecule has 1 fully saturated rings. The highest BCUT2D eigenvalue weighted by Crippen LogP contribution is 2.32. The van der Waals surface area contributed by atoms with Crippen molar-refractivity contribution in [3.8, 4) is 0 Å². The molecule has 3 aromatic rings. The molecular weight excluding hydrogens is 476 g/mol. The molecule has 1 saturated carbocycles. The van der Waals surface area contributed by atoms with Gasteiger partial charge in [-0.1, -0.05) is 78.9 Å². The van der Waals surface area contributed by atoms with Crippen LogP contribution >= 0.6 is 0 Å². The normalized spacial score (nSPS) is 25.3. The Hall–Kier alpha value is -3.56. The molecule has 1 aliphatic carbocycles. The van der Waals surface area contributed by atoms with Crippen molar-refractivity contribution in [2.45, 2.75) is 56.8 Å². The second-order valence-corrected chi connectivity index (χ2v) is 8.81. The Morgan fingerprint density at radius 2 is 1.03 bits per heavy atom.